The van der Waals surface area contributed by atoms with Crippen molar-refractivity contribution in [2.24, 2.45) is 5.92 Å². The maximum absolute atomic E-state index is 13.4. The molecule has 0 radical (unpaired) electrons. The van der Waals surface area contributed by atoms with E-state index in [4.69, 9.17) is 4.98 Å². The van der Waals surface area contributed by atoms with Crippen LogP contribution in [0.1, 0.15) is 68.3 Å². The van der Waals surface area contributed by atoms with E-state index in [1.807, 2.05) is 12.1 Å². The van der Waals surface area contributed by atoms with Crippen molar-refractivity contribution in [3.05, 3.63) is 17.8 Å². The second kappa shape index (κ2) is 11.1. The number of nitrogens with zero attached hydrogens (tertiary/aromatic N) is 6. The molecule has 0 saturated carbocycles. The number of likely N-dealkylation sites (tertiary alicyclic amines) is 2. The van der Waals surface area contributed by atoms with E-state index in [9.17, 15) is 13.2 Å². The molecule has 3 aliphatic rings. The zero-order chi connectivity index (χ0) is 25.1. The maximum atomic E-state index is 13.4. The summed E-state index contributed by atoms with van der Waals surface area (Å²) >= 11 is 0. The largest absolute Gasteiger partial charge is 0.357 e. The minimum absolute atomic E-state index is 0.0813. The molecule has 0 unspecified atom stereocenters. The van der Waals surface area contributed by atoms with E-state index < -0.39 is 10.0 Å². The molecule has 0 bridgehead atoms. The summed E-state index contributed by atoms with van der Waals surface area (Å²) in [5, 5.41) is 4.84. The molecule has 0 aliphatic carbocycles. The second-order valence-electron chi connectivity index (χ2n) is 10.9. The van der Waals surface area contributed by atoms with Crippen LogP contribution in [0.25, 0.3) is 11.0 Å². The van der Waals surface area contributed by atoms with Crippen LogP contribution in [0.3, 0.4) is 0 Å². The number of ketones is 1. The summed E-state index contributed by atoms with van der Waals surface area (Å²) in [6.07, 6.45) is 10.8. The van der Waals surface area contributed by atoms with Gasteiger partial charge in [-0.3, -0.25) is 4.79 Å². The predicted octanol–water partition coefficient (Wildman–Crippen LogP) is 3.00. The van der Waals surface area contributed by atoms with Gasteiger partial charge in [-0.1, -0.05) is 12.8 Å². The lowest BCUT2D eigenvalue weighted by molar-refractivity contribution is 0.0920. The first-order valence-corrected chi connectivity index (χ1v) is 15.6. The fourth-order valence-electron chi connectivity index (χ4n) is 5.94. The lowest BCUT2D eigenvalue weighted by Gasteiger charge is -2.32. The predicted molar refractivity (Wildman–Crippen MR) is 142 cm³/mol. The average Bonchev–Trinajstić information content (AvgIpc) is 3.43. The van der Waals surface area contributed by atoms with E-state index >= 15 is 0 Å². The Morgan fingerprint density at radius 3 is 2.14 bits per heavy atom. The van der Waals surface area contributed by atoms with Crippen LogP contribution >= 0.6 is 0 Å². The number of carbonyl (C=O) groups excluding carboxylic acids is 1. The summed E-state index contributed by atoms with van der Waals surface area (Å²) in [7, 11) is -3.69. The molecule has 5 heterocycles. The lowest BCUT2D eigenvalue weighted by atomic mass is 9.90. The summed E-state index contributed by atoms with van der Waals surface area (Å²) < 4.78 is 26.0. The number of piperidine rings is 1. The van der Waals surface area contributed by atoms with Gasteiger partial charge < -0.3 is 14.7 Å². The van der Waals surface area contributed by atoms with Gasteiger partial charge in [-0.25, -0.2) is 13.4 Å². The van der Waals surface area contributed by atoms with Crippen LogP contribution < -0.4 is 4.90 Å². The Hall–Kier alpha value is -2.04. The molecule has 3 fully saturated rings. The number of hydrogen-bond acceptors (Lipinski definition) is 8. The van der Waals surface area contributed by atoms with Gasteiger partial charge in [-0.15, -0.1) is 4.09 Å². The first-order chi connectivity index (χ1) is 17.4. The van der Waals surface area contributed by atoms with Gasteiger partial charge >= 0.3 is 0 Å². The van der Waals surface area contributed by atoms with Gasteiger partial charge in [0, 0.05) is 32.6 Å². The molecule has 3 aliphatic heterocycles. The van der Waals surface area contributed by atoms with Crippen LogP contribution in [-0.2, 0) is 10.0 Å². The Balaban J connectivity index is 1.27. The van der Waals surface area contributed by atoms with E-state index in [0.717, 1.165) is 81.1 Å². The number of hydrogen-bond donors (Lipinski definition) is 0. The monoisotopic (exact) mass is 516 g/mol. The third kappa shape index (κ3) is 5.92. The standard InChI is InChI=1S/C26H40N6O3S/c1-36(34,35)32-26-22(8-9-24(27-26)31-14-4-2-3-5-15-31)25(28-32)23(33)20-21-10-16-30(17-11-21)19-18-29-12-6-7-13-29/h8-9,21H,2-7,10-20H2,1H3. The number of rotatable bonds is 8. The fraction of sp³-hybridized carbons (Fsp3) is 0.731. The molecular formula is C26H40N6O3S. The molecular weight excluding hydrogens is 476 g/mol. The molecule has 3 saturated heterocycles. The van der Waals surface area contributed by atoms with Gasteiger partial charge in [0.2, 0.25) is 0 Å². The van der Waals surface area contributed by atoms with Gasteiger partial charge in [-0.2, -0.15) is 5.10 Å². The summed E-state index contributed by atoms with van der Waals surface area (Å²) in [6, 6.07) is 3.75. The van der Waals surface area contributed by atoms with Crippen LogP contribution in [0.15, 0.2) is 12.1 Å². The molecule has 0 N–H and O–H groups in total. The Bertz CT molecular complexity index is 1160. The van der Waals surface area contributed by atoms with Crippen LogP contribution in [0.5, 0.6) is 0 Å². The number of anilines is 1. The average molecular weight is 517 g/mol. The molecule has 36 heavy (non-hydrogen) atoms. The van der Waals surface area contributed by atoms with E-state index in [2.05, 4.69) is 19.8 Å². The smallest absolute Gasteiger partial charge is 0.252 e. The van der Waals surface area contributed by atoms with E-state index in [-0.39, 0.29) is 17.1 Å². The van der Waals surface area contributed by atoms with Crippen LogP contribution in [0, 0.1) is 5.92 Å². The minimum atomic E-state index is -3.69. The van der Waals surface area contributed by atoms with Crippen molar-refractivity contribution in [1.29, 1.82) is 0 Å². The molecule has 9 nitrogen and oxygen atoms in total. The SMILES string of the molecule is CS(=O)(=O)n1nc(C(=O)CC2CCN(CCN3CCCC3)CC2)c2ccc(N3CCCCCC3)nc21. The molecule has 0 aromatic carbocycles. The summed E-state index contributed by atoms with van der Waals surface area (Å²) in [4.78, 5) is 25.3. The van der Waals surface area contributed by atoms with E-state index in [1.54, 1.807) is 0 Å². The Labute approximate surface area is 214 Å². The van der Waals surface area contributed by atoms with Crippen molar-refractivity contribution in [2.45, 2.75) is 57.8 Å². The first kappa shape index (κ1) is 25.6. The van der Waals surface area contributed by atoms with Crippen molar-refractivity contribution < 1.29 is 13.2 Å². The molecule has 5 rings (SSSR count). The highest BCUT2D eigenvalue weighted by molar-refractivity contribution is 7.89. The topological polar surface area (TPSA) is 91.6 Å². The van der Waals surface area contributed by atoms with Crippen molar-refractivity contribution in [3.8, 4) is 0 Å². The molecule has 2 aromatic rings. The minimum Gasteiger partial charge on any atom is -0.357 e. The number of Topliss-reactive ketones (excluding diaryl/α,β-unsaturated/α-hetero) is 1. The van der Waals surface area contributed by atoms with Crippen molar-refractivity contribution in [2.75, 3.05) is 63.5 Å². The highest BCUT2D eigenvalue weighted by atomic mass is 32.2. The van der Waals surface area contributed by atoms with Gasteiger partial charge in [0.05, 0.1) is 11.6 Å². The van der Waals surface area contributed by atoms with Crippen molar-refractivity contribution >= 4 is 32.7 Å². The highest BCUT2D eigenvalue weighted by Crippen LogP contribution is 2.28. The Morgan fingerprint density at radius 1 is 0.889 bits per heavy atom. The van der Waals surface area contributed by atoms with Gasteiger partial charge in [0.1, 0.15) is 11.5 Å². The van der Waals surface area contributed by atoms with Gasteiger partial charge in [-0.05, 0) is 82.8 Å². The van der Waals surface area contributed by atoms with E-state index in [0.29, 0.717) is 17.7 Å². The Morgan fingerprint density at radius 2 is 1.50 bits per heavy atom. The molecule has 0 spiro atoms. The summed E-state index contributed by atoms with van der Waals surface area (Å²) in [6.45, 7) is 8.57. The Kier molecular flexibility index (Phi) is 7.93. The fourth-order valence-corrected chi connectivity index (χ4v) is 6.62. The van der Waals surface area contributed by atoms with Crippen LogP contribution in [-0.4, -0.2) is 96.8 Å². The van der Waals surface area contributed by atoms with Crippen molar-refractivity contribution in [1.82, 2.24) is 24.0 Å². The maximum Gasteiger partial charge on any atom is 0.252 e. The molecule has 0 atom stereocenters. The quantitative estimate of drug-likeness (QED) is 0.495. The number of fused-ring (bicyclic) bond motifs is 1. The molecule has 198 valence electrons. The zero-order valence-electron chi connectivity index (χ0n) is 21.6. The molecule has 2 aromatic heterocycles. The van der Waals surface area contributed by atoms with Gasteiger partial charge in [0.25, 0.3) is 10.0 Å². The summed E-state index contributed by atoms with van der Waals surface area (Å²) in [5.74, 6) is 0.986. The van der Waals surface area contributed by atoms with Crippen LogP contribution in [0.4, 0.5) is 5.82 Å². The first-order valence-electron chi connectivity index (χ1n) is 13.7. The van der Waals surface area contributed by atoms with Crippen LogP contribution in [0.2, 0.25) is 0 Å². The lowest BCUT2D eigenvalue weighted by Crippen LogP contribution is -2.39. The third-order valence-electron chi connectivity index (χ3n) is 8.11. The number of pyridine rings is 1. The molecule has 10 heteroatoms. The number of aromatic nitrogens is 3. The number of carbonyl (C=O) groups is 1. The highest BCUT2D eigenvalue weighted by Gasteiger charge is 2.28. The molecule has 0 amide bonds. The zero-order valence-corrected chi connectivity index (χ0v) is 22.4. The van der Waals surface area contributed by atoms with Gasteiger partial charge in [0.15, 0.2) is 11.4 Å². The normalized spacial score (nSPS) is 21.3. The second-order valence-corrected chi connectivity index (χ2v) is 12.7. The third-order valence-corrected chi connectivity index (χ3v) is 8.99. The van der Waals surface area contributed by atoms with E-state index in [1.165, 1.54) is 38.8 Å². The summed E-state index contributed by atoms with van der Waals surface area (Å²) in [5.41, 5.74) is 0.501. The van der Waals surface area contributed by atoms with Crippen molar-refractivity contribution in [3.63, 3.8) is 0 Å².